The van der Waals surface area contributed by atoms with Gasteiger partial charge >= 0.3 is 6.09 Å². The molecule has 7 nitrogen and oxygen atoms in total. The van der Waals surface area contributed by atoms with E-state index in [0.29, 0.717) is 25.2 Å². The summed E-state index contributed by atoms with van der Waals surface area (Å²) in [6, 6.07) is 5.87. The molecule has 2 heterocycles. The fourth-order valence-corrected chi connectivity index (χ4v) is 3.39. The lowest BCUT2D eigenvalue weighted by atomic mass is 10.0. The fourth-order valence-electron chi connectivity index (χ4n) is 3.39. The molecule has 2 aromatic rings. The molecule has 0 spiro atoms. The third-order valence-electron chi connectivity index (χ3n) is 4.74. The van der Waals surface area contributed by atoms with Crippen molar-refractivity contribution in [3.63, 3.8) is 0 Å². The normalized spacial score (nSPS) is 13.9. The lowest BCUT2D eigenvalue weighted by Crippen LogP contribution is -2.40. The van der Waals surface area contributed by atoms with E-state index in [9.17, 15) is 9.59 Å². The molecule has 0 fully saturated rings. The largest absolute Gasteiger partial charge is 0.444 e. The van der Waals surface area contributed by atoms with Crippen LogP contribution in [0.5, 0.6) is 0 Å². The molecule has 0 unspecified atom stereocenters. The van der Waals surface area contributed by atoms with Gasteiger partial charge in [0.15, 0.2) is 5.69 Å². The van der Waals surface area contributed by atoms with Gasteiger partial charge in [0.2, 0.25) is 0 Å². The number of ether oxygens (including phenoxy) is 1. The first-order valence-corrected chi connectivity index (χ1v) is 9.46. The Labute approximate surface area is 165 Å². The smallest absolute Gasteiger partial charge is 0.410 e. The van der Waals surface area contributed by atoms with Crippen molar-refractivity contribution in [2.45, 2.75) is 53.2 Å². The molecule has 0 saturated heterocycles. The number of hydrogen-bond donors (Lipinski definition) is 1. The van der Waals surface area contributed by atoms with Gasteiger partial charge in [-0.15, -0.1) is 0 Å². The van der Waals surface area contributed by atoms with Crippen molar-refractivity contribution in [3.05, 3.63) is 46.3 Å². The first-order valence-electron chi connectivity index (χ1n) is 9.46. The van der Waals surface area contributed by atoms with Crippen molar-refractivity contribution in [2.24, 2.45) is 7.05 Å². The Morgan fingerprint density at radius 2 is 1.93 bits per heavy atom. The van der Waals surface area contributed by atoms with Crippen LogP contribution >= 0.6 is 0 Å². The zero-order valence-electron chi connectivity index (χ0n) is 17.4. The molecular weight excluding hydrogens is 356 g/mol. The van der Waals surface area contributed by atoms with Crippen LogP contribution in [0.4, 0.5) is 10.5 Å². The maximum Gasteiger partial charge on any atom is 0.410 e. The van der Waals surface area contributed by atoms with Crippen LogP contribution in [0.1, 0.15) is 53.6 Å². The van der Waals surface area contributed by atoms with Gasteiger partial charge in [0.05, 0.1) is 6.54 Å². The molecule has 0 saturated carbocycles. The average molecular weight is 384 g/mol. The molecule has 28 heavy (non-hydrogen) atoms. The summed E-state index contributed by atoms with van der Waals surface area (Å²) in [7, 11) is 1.83. The van der Waals surface area contributed by atoms with Gasteiger partial charge in [-0.05, 0) is 46.2 Å². The van der Waals surface area contributed by atoms with Crippen LogP contribution < -0.4 is 5.32 Å². The van der Waals surface area contributed by atoms with E-state index in [1.807, 2.05) is 59.9 Å². The summed E-state index contributed by atoms with van der Waals surface area (Å²) in [5, 5.41) is 7.38. The zero-order chi connectivity index (χ0) is 20.6. The molecule has 7 heteroatoms. The lowest BCUT2D eigenvalue weighted by molar-refractivity contribution is 0.0222. The number of aryl methyl sites for hydroxylation is 3. The predicted octanol–water partition coefficient (Wildman–Crippen LogP) is 3.58. The lowest BCUT2D eigenvalue weighted by Gasteiger charge is -2.30. The minimum atomic E-state index is -0.560. The van der Waals surface area contributed by atoms with Crippen LogP contribution in [0.2, 0.25) is 0 Å². The summed E-state index contributed by atoms with van der Waals surface area (Å²) in [5.74, 6) is -0.269. The van der Waals surface area contributed by atoms with E-state index in [0.717, 1.165) is 28.1 Å². The van der Waals surface area contributed by atoms with Crippen LogP contribution in [0.25, 0.3) is 0 Å². The van der Waals surface area contributed by atoms with Crippen molar-refractivity contribution >= 4 is 17.7 Å². The number of benzene rings is 1. The summed E-state index contributed by atoms with van der Waals surface area (Å²) in [6.45, 7) is 10.3. The molecule has 0 bridgehead atoms. The van der Waals surface area contributed by atoms with Gasteiger partial charge in [0.25, 0.3) is 5.91 Å². The number of rotatable bonds is 2. The van der Waals surface area contributed by atoms with Crippen LogP contribution in [-0.4, -0.2) is 38.8 Å². The van der Waals surface area contributed by atoms with Gasteiger partial charge in [0, 0.05) is 37.0 Å². The van der Waals surface area contributed by atoms with Gasteiger partial charge in [-0.2, -0.15) is 5.10 Å². The number of amides is 2. The number of anilines is 1. The summed E-state index contributed by atoms with van der Waals surface area (Å²) >= 11 is 0. The molecule has 1 N–H and O–H groups in total. The van der Waals surface area contributed by atoms with Crippen LogP contribution in [0.15, 0.2) is 18.2 Å². The molecular formula is C21H28N4O3. The molecule has 1 aromatic carbocycles. The molecule has 1 aromatic heterocycles. The topological polar surface area (TPSA) is 76.5 Å². The highest BCUT2D eigenvalue weighted by molar-refractivity contribution is 6.04. The summed E-state index contributed by atoms with van der Waals surface area (Å²) in [5.41, 5.74) is 4.44. The minimum Gasteiger partial charge on any atom is -0.444 e. The molecule has 1 aliphatic heterocycles. The summed E-state index contributed by atoms with van der Waals surface area (Å²) in [6.07, 6.45) is 0.261. The maximum absolute atomic E-state index is 12.9. The fraction of sp³-hybridized carbons (Fsp3) is 0.476. The summed E-state index contributed by atoms with van der Waals surface area (Å²) < 4.78 is 7.22. The quantitative estimate of drug-likeness (QED) is 0.859. The number of aromatic nitrogens is 2. The zero-order valence-corrected chi connectivity index (χ0v) is 17.4. The van der Waals surface area contributed by atoms with E-state index in [2.05, 4.69) is 10.4 Å². The highest BCUT2D eigenvalue weighted by atomic mass is 16.6. The Kier molecular flexibility index (Phi) is 5.19. The van der Waals surface area contributed by atoms with E-state index in [1.54, 1.807) is 9.58 Å². The Hall–Kier alpha value is -2.83. The van der Waals surface area contributed by atoms with E-state index >= 15 is 0 Å². The van der Waals surface area contributed by atoms with Gasteiger partial charge in [-0.1, -0.05) is 17.7 Å². The highest BCUT2D eigenvalue weighted by Crippen LogP contribution is 2.25. The molecule has 150 valence electrons. The van der Waals surface area contributed by atoms with Crippen molar-refractivity contribution in [2.75, 3.05) is 11.9 Å². The Bertz CT molecular complexity index is 924. The number of carbonyl (C=O) groups is 2. The van der Waals surface area contributed by atoms with Gasteiger partial charge in [-0.25, -0.2) is 4.79 Å². The number of carbonyl (C=O) groups excluding carboxylic acids is 2. The second-order valence-corrected chi connectivity index (χ2v) is 8.32. The first-order chi connectivity index (χ1) is 13.0. The van der Waals surface area contributed by atoms with Gasteiger partial charge in [-0.3, -0.25) is 9.48 Å². The molecule has 0 radical (unpaired) electrons. The van der Waals surface area contributed by atoms with Crippen LogP contribution in [0, 0.1) is 13.8 Å². The van der Waals surface area contributed by atoms with E-state index in [-0.39, 0.29) is 12.0 Å². The average Bonchev–Trinajstić information content (AvgIpc) is 2.92. The molecule has 0 atom stereocenters. The van der Waals surface area contributed by atoms with Crippen LogP contribution in [-0.2, 0) is 24.8 Å². The number of nitrogens with one attached hydrogen (secondary N) is 1. The Morgan fingerprint density at radius 1 is 1.21 bits per heavy atom. The SMILES string of the molecule is Cc1ccc(NC(=O)c2nn(C)c3c2CN(C(=O)OC(C)(C)C)CC3)c(C)c1. The monoisotopic (exact) mass is 384 g/mol. The number of nitrogens with zero attached hydrogens (tertiary/aromatic N) is 3. The van der Waals surface area contributed by atoms with Crippen molar-refractivity contribution in [1.82, 2.24) is 14.7 Å². The molecule has 3 rings (SSSR count). The summed E-state index contributed by atoms with van der Waals surface area (Å²) in [4.78, 5) is 27.0. The Balaban J connectivity index is 1.83. The standard InChI is InChI=1S/C21H28N4O3/c1-13-7-8-16(14(2)11-13)22-19(26)18-15-12-25(20(27)28-21(3,4)5)10-9-17(15)24(6)23-18/h7-8,11H,9-10,12H2,1-6H3,(H,22,26). The molecule has 1 aliphatic rings. The second kappa shape index (κ2) is 7.30. The van der Waals surface area contributed by atoms with E-state index in [4.69, 9.17) is 4.74 Å². The Morgan fingerprint density at radius 3 is 2.57 bits per heavy atom. The molecule has 0 aliphatic carbocycles. The minimum absolute atomic E-state index is 0.269. The number of fused-ring (bicyclic) bond motifs is 1. The van der Waals surface area contributed by atoms with Gasteiger partial charge in [0.1, 0.15) is 5.60 Å². The van der Waals surface area contributed by atoms with Gasteiger partial charge < -0.3 is 15.0 Å². The third kappa shape index (κ3) is 4.18. The number of hydrogen-bond acceptors (Lipinski definition) is 4. The second-order valence-electron chi connectivity index (χ2n) is 8.32. The molecule has 2 amide bonds. The first kappa shape index (κ1) is 19.9. The van der Waals surface area contributed by atoms with Crippen LogP contribution in [0.3, 0.4) is 0 Å². The third-order valence-corrected chi connectivity index (χ3v) is 4.74. The van der Waals surface area contributed by atoms with Crippen molar-refractivity contribution < 1.29 is 14.3 Å². The highest BCUT2D eigenvalue weighted by Gasteiger charge is 2.31. The van der Waals surface area contributed by atoms with E-state index in [1.165, 1.54) is 0 Å². The van der Waals surface area contributed by atoms with Crippen molar-refractivity contribution in [1.29, 1.82) is 0 Å². The van der Waals surface area contributed by atoms with E-state index < -0.39 is 5.60 Å². The van der Waals surface area contributed by atoms with Crippen molar-refractivity contribution in [3.8, 4) is 0 Å². The maximum atomic E-state index is 12.9. The predicted molar refractivity (Wildman–Crippen MR) is 107 cm³/mol.